The molecule has 6 heteroatoms. The molecular weight excluding hydrogens is 198 g/mol. The molecule has 2 rings (SSSR count). The van der Waals surface area contributed by atoms with Gasteiger partial charge in [-0.1, -0.05) is 6.92 Å². The first-order chi connectivity index (χ1) is 6.83. The van der Waals surface area contributed by atoms with Crippen LogP contribution in [0.5, 0.6) is 0 Å². The highest BCUT2D eigenvalue weighted by Crippen LogP contribution is 2.22. The van der Waals surface area contributed by atoms with Crippen molar-refractivity contribution in [1.29, 1.82) is 0 Å². The lowest BCUT2D eigenvalue weighted by atomic mass is 10.3. The fourth-order valence-electron chi connectivity index (χ4n) is 1.30. The summed E-state index contributed by atoms with van der Waals surface area (Å²) >= 11 is 1.13. The summed E-state index contributed by atoms with van der Waals surface area (Å²) in [5, 5.41) is 4.20. The first-order valence-electron chi connectivity index (χ1n) is 4.43. The number of nitrogen functional groups attached to an aromatic ring is 1. The number of nitrogens with zero attached hydrogens (tertiary/aromatic N) is 4. The molecule has 0 aliphatic heterocycles. The van der Waals surface area contributed by atoms with Crippen LogP contribution in [0.4, 0.5) is 5.82 Å². The second-order valence-electron chi connectivity index (χ2n) is 2.94. The van der Waals surface area contributed by atoms with Gasteiger partial charge in [0.15, 0.2) is 5.82 Å². The maximum atomic E-state index is 5.69. The van der Waals surface area contributed by atoms with Crippen LogP contribution >= 0.6 is 11.7 Å². The molecule has 0 unspecified atom stereocenters. The van der Waals surface area contributed by atoms with Gasteiger partial charge in [-0.25, -0.2) is 0 Å². The van der Waals surface area contributed by atoms with Crippen molar-refractivity contribution in [3.05, 3.63) is 12.3 Å². The summed E-state index contributed by atoms with van der Waals surface area (Å²) in [5.41, 5.74) is 7.37. The predicted molar refractivity (Wildman–Crippen MR) is 55.8 cm³/mol. The van der Waals surface area contributed by atoms with Gasteiger partial charge in [0.2, 0.25) is 0 Å². The van der Waals surface area contributed by atoms with Crippen LogP contribution in [0.3, 0.4) is 0 Å². The maximum Gasteiger partial charge on any atom is 0.167 e. The Morgan fingerprint density at radius 3 is 3.00 bits per heavy atom. The first-order valence-corrected chi connectivity index (χ1v) is 5.16. The molecule has 5 nitrogen and oxygen atoms in total. The molecule has 0 bridgehead atoms. The molecule has 2 N–H and O–H groups in total. The van der Waals surface area contributed by atoms with E-state index < -0.39 is 0 Å². The van der Waals surface area contributed by atoms with E-state index in [-0.39, 0.29) is 0 Å². The number of aryl methyl sites for hydroxylation is 1. The van der Waals surface area contributed by atoms with Gasteiger partial charge in [-0.15, -0.1) is 0 Å². The van der Waals surface area contributed by atoms with Crippen molar-refractivity contribution in [2.45, 2.75) is 19.9 Å². The third kappa shape index (κ3) is 1.48. The van der Waals surface area contributed by atoms with Crippen LogP contribution < -0.4 is 5.73 Å². The van der Waals surface area contributed by atoms with Gasteiger partial charge >= 0.3 is 0 Å². The van der Waals surface area contributed by atoms with Crippen molar-refractivity contribution >= 4 is 17.5 Å². The van der Waals surface area contributed by atoms with E-state index in [2.05, 4.69) is 20.8 Å². The van der Waals surface area contributed by atoms with Crippen LogP contribution in [0.15, 0.2) is 12.3 Å². The first kappa shape index (κ1) is 9.14. The largest absolute Gasteiger partial charge is 0.381 e. The van der Waals surface area contributed by atoms with Crippen molar-refractivity contribution in [3.8, 4) is 11.4 Å². The van der Waals surface area contributed by atoms with Gasteiger partial charge in [-0.05, 0) is 12.5 Å². The van der Waals surface area contributed by atoms with Gasteiger partial charge in [0, 0.05) is 12.7 Å². The molecule has 0 fully saturated rings. The molecule has 0 atom stereocenters. The minimum Gasteiger partial charge on any atom is -0.381 e. The average Bonchev–Trinajstić information content (AvgIpc) is 2.74. The van der Waals surface area contributed by atoms with Crippen LogP contribution in [0.2, 0.25) is 0 Å². The summed E-state index contributed by atoms with van der Waals surface area (Å²) < 4.78 is 9.98. The average molecular weight is 209 g/mol. The molecule has 0 aromatic carbocycles. The SMILES string of the molecule is CCCn1nccc1-c1nsnc1N. The van der Waals surface area contributed by atoms with Crippen molar-refractivity contribution in [2.75, 3.05) is 5.73 Å². The van der Waals surface area contributed by atoms with E-state index in [1.807, 2.05) is 10.7 Å². The normalized spacial score (nSPS) is 10.6. The highest BCUT2D eigenvalue weighted by Gasteiger charge is 2.11. The summed E-state index contributed by atoms with van der Waals surface area (Å²) in [6.07, 6.45) is 2.79. The van der Waals surface area contributed by atoms with Gasteiger partial charge < -0.3 is 5.73 Å². The molecule has 74 valence electrons. The van der Waals surface area contributed by atoms with E-state index in [4.69, 9.17) is 5.73 Å². The van der Waals surface area contributed by atoms with E-state index in [1.54, 1.807) is 6.20 Å². The molecular formula is C8H11N5S. The van der Waals surface area contributed by atoms with Gasteiger partial charge in [0.1, 0.15) is 5.69 Å². The summed E-state index contributed by atoms with van der Waals surface area (Å²) in [4.78, 5) is 0. The predicted octanol–water partition coefficient (Wildman–Crippen LogP) is 1.39. The van der Waals surface area contributed by atoms with Crippen LogP contribution in [0.1, 0.15) is 13.3 Å². The monoisotopic (exact) mass is 209 g/mol. The lowest BCUT2D eigenvalue weighted by Gasteiger charge is -2.02. The van der Waals surface area contributed by atoms with E-state index >= 15 is 0 Å². The van der Waals surface area contributed by atoms with Crippen molar-refractivity contribution in [2.24, 2.45) is 0 Å². The van der Waals surface area contributed by atoms with Gasteiger partial charge in [-0.2, -0.15) is 13.8 Å². The minimum atomic E-state index is 0.479. The molecule has 0 aliphatic carbocycles. The lowest BCUT2D eigenvalue weighted by molar-refractivity contribution is 0.608. The van der Waals surface area contributed by atoms with Crippen molar-refractivity contribution < 1.29 is 0 Å². The minimum absolute atomic E-state index is 0.479. The molecule has 2 aromatic rings. The zero-order chi connectivity index (χ0) is 9.97. The van der Waals surface area contributed by atoms with Crippen molar-refractivity contribution in [3.63, 3.8) is 0 Å². The van der Waals surface area contributed by atoms with E-state index in [1.165, 1.54) is 0 Å². The third-order valence-corrected chi connectivity index (χ3v) is 2.45. The fourth-order valence-corrected chi connectivity index (χ4v) is 1.78. The number of hydrogen-bond donors (Lipinski definition) is 1. The van der Waals surface area contributed by atoms with Gasteiger partial charge in [-0.3, -0.25) is 4.68 Å². The maximum absolute atomic E-state index is 5.69. The summed E-state index contributed by atoms with van der Waals surface area (Å²) in [6.45, 7) is 2.98. The van der Waals surface area contributed by atoms with E-state index in [9.17, 15) is 0 Å². The summed E-state index contributed by atoms with van der Waals surface area (Å²) in [5.74, 6) is 0.479. The topological polar surface area (TPSA) is 69.6 Å². The van der Waals surface area contributed by atoms with Crippen LogP contribution in [-0.4, -0.2) is 18.5 Å². The smallest absolute Gasteiger partial charge is 0.167 e. The Kier molecular flexibility index (Phi) is 2.45. The fraction of sp³-hybridized carbons (Fsp3) is 0.375. The second-order valence-corrected chi connectivity index (χ2v) is 3.47. The Bertz CT molecular complexity index is 419. The van der Waals surface area contributed by atoms with Crippen LogP contribution in [-0.2, 0) is 6.54 Å². The molecule has 2 aromatic heterocycles. The molecule has 0 spiro atoms. The Hall–Kier alpha value is -1.43. The lowest BCUT2D eigenvalue weighted by Crippen LogP contribution is -2.02. The highest BCUT2D eigenvalue weighted by atomic mass is 32.1. The molecule has 14 heavy (non-hydrogen) atoms. The summed E-state index contributed by atoms with van der Waals surface area (Å²) in [7, 11) is 0. The second kappa shape index (κ2) is 3.75. The van der Waals surface area contributed by atoms with E-state index in [0.29, 0.717) is 5.82 Å². The van der Waals surface area contributed by atoms with E-state index in [0.717, 1.165) is 36.1 Å². The molecule has 2 heterocycles. The van der Waals surface area contributed by atoms with Crippen LogP contribution in [0.25, 0.3) is 11.4 Å². The molecule has 0 saturated carbocycles. The molecule has 0 saturated heterocycles. The number of hydrogen-bond acceptors (Lipinski definition) is 5. The van der Waals surface area contributed by atoms with Crippen LogP contribution in [0, 0.1) is 0 Å². The standard InChI is InChI=1S/C8H11N5S/c1-2-5-13-6(3-4-10-13)7-8(9)12-14-11-7/h3-4H,2,5H2,1H3,(H2,9,12). The third-order valence-electron chi connectivity index (χ3n) is 1.91. The Balaban J connectivity index is 2.41. The Morgan fingerprint density at radius 1 is 1.50 bits per heavy atom. The zero-order valence-electron chi connectivity index (χ0n) is 7.84. The van der Waals surface area contributed by atoms with Gasteiger partial charge in [0.25, 0.3) is 0 Å². The molecule has 0 amide bonds. The Labute approximate surface area is 85.9 Å². The number of aromatic nitrogens is 4. The highest BCUT2D eigenvalue weighted by molar-refractivity contribution is 6.99. The number of rotatable bonds is 3. The molecule has 0 aliphatic rings. The number of anilines is 1. The quantitative estimate of drug-likeness (QED) is 0.829. The summed E-state index contributed by atoms with van der Waals surface area (Å²) in [6, 6.07) is 1.91. The molecule has 0 radical (unpaired) electrons. The number of nitrogens with two attached hydrogens (primary N) is 1. The van der Waals surface area contributed by atoms with Gasteiger partial charge in [0.05, 0.1) is 17.4 Å². The Morgan fingerprint density at radius 2 is 2.36 bits per heavy atom. The van der Waals surface area contributed by atoms with Crippen molar-refractivity contribution in [1.82, 2.24) is 18.5 Å². The zero-order valence-corrected chi connectivity index (χ0v) is 8.66.